The average molecular weight is 274 g/mol. The minimum atomic E-state index is -0.444. The van der Waals surface area contributed by atoms with Crippen LogP contribution in [0.2, 0.25) is 0 Å². The van der Waals surface area contributed by atoms with Gasteiger partial charge in [0.1, 0.15) is 5.60 Å². The first-order valence-corrected chi connectivity index (χ1v) is 7.31. The average Bonchev–Trinajstić information content (AvgIpc) is 2.38. The van der Waals surface area contributed by atoms with Crippen molar-refractivity contribution in [3.8, 4) is 0 Å². The van der Waals surface area contributed by atoms with E-state index in [-0.39, 0.29) is 11.5 Å². The molecule has 0 bridgehead atoms. The molecule has 108 valence electrons. The lowest BCUT2D eigenvalue weighted by molar-refractivity contribution is -0.170. The van der Waals surface area contributed by atoms with Gasteiger partial charge in [-0.1, -0.05) is 0 Å². The summed E-state index contributed by atoms with van der Waals surface area (Å²) in [6.07, 6.45) is 5.73. The maximum absolute atomic E-state index is 11.9. The van der Waals surface area contributed by atoms with Gasteiger partial charge in [-0.15, -0.1) is 0 Å². The third-order valence-electron chi connectivity index (χ3n) is 4.57. The van der Waals surface area contributed by atoms with Crippen LogP contribution in [-0.4, -0.2) is 34.5 Å². The fourth-order valence-corrected chi connectivity index (χ4v) is 3.36. The molecule has 0 amide bonds. The highest BCUT2D eigenvalue weighted by Crippen LogP contribution is 2.42. The molecular weight excluding hydrogens is 252 g/mol. The summed E-state index contributed by atoms with van der Waals surface area (Å²) in [6.45, 7) is 8.59. The first-order valence-electron chi connectivity index (χ1n) is 7.31. The van der Waals surface area contributed by atoms with Crippen molar-refractivity contribution < 1.29 is 9.53 Å². The van der Waals surface area contributed by atoms with Crippen LogP contribution in [0.15, 0.2) is 18.5 Å². The number of pyridine rings is 1. The molecule has 0 aromatic carbocycles. The van der Waals surface area contributed by atoms with Gasteiger partial charge in [0.15, 0.2) is 0 Å². The number of hydrogen-bond acceptors (Lipinski definition) is 4. The van der Waals surface area contributed by atoms with E-state index in [4.69, 9.17) is 4.74 Å². The lowest BCUT2D eigenvalue weighted by Gasteiger charge is -2.47. The zero-order chi connectivity index (χ0) is 14.4. The van der Waals surface area contributed by atoms with Crippen LogP contribution in [0.25, 0.3) is 0 Å². The lowest BCUT2D eigenvalue weighted by atomic mass is 9.79. The van der Waals surface area contributed by atoms with Crippen LogP contribution in [0.1, 0.15) is 44.7 Å². The second kappa shape index (κ2) is 4.55. The molecule has 0 aliphatic carbocycles. The molecule has 1 aromatic rings. The molecule has 3 rings (SSSR count). The van der Waals surface area contributed by atoms with E-state index in [1.807, 2.05) is 12.3 Å². The molecule has 2 aliphatic rings. The van der Waals surface area contributed by atoms with Gasteiger partial charge in [-0.2, -0.15) is 0 Å². The van der Waals surface area contributed by atoms with Gasteiger partial charge in [-0.3, -0.25) is 14.7 Å². The van der Waals surface area contributed by atoms with Crippen molar-refractivity contribution >= 4 is 5.97 Å². The zero-order valence-corrected chi connectivity index (χ0v) is 12.5. The molecule has 0 radical (unpaired) electrons. The number of carbonyl (C=O) groups is 1. The Labute approximate surface area is 120 Å². The molecule has 1 spiro atoms. The fraction of sp³-hybridized carbons (Fsp3) is 0.625. The maximum Gasteiger partial charge on any atom is 0.311 e. The molecule has 2 aliphatic heterocycles. The van der Waals surface area contributed by atoms with Gasteiger partial charge in [0.25, 0.3) is 0 Å². The van der Waals surface area contributed by atoms with Crippen LogP contribution < -0.4 is 0 Å². The molecule has 1 aromatic heterocycles. The predicted molar refractivity (Wildman–Crippen MR) is 76.3 cm³/mol. The Balaban J connectivity index is 1.89. The number of aromatic nitrogens is 1. The van der Waals surface area contributed by atoms with Gasteiger partial charge in [-0.05, 0) is 32.4 Å². The third-order valence-corrected chi connectivity index (χ3v) is 4.57. The van der Waals surface area contributed by atoms with E-state index in [1.165, 1.54) is 0 Å². The van der Waals surface area contributed by atoms with Gasteiger partial charge in [0.05, 0.1) is 6.42 Å². The van der Waals surface area contributed by atoms with Crippen LogP contribution in [0, 0.1) is 0 Å². The largest absolute Gasteiger partial charge is 0.454 e. The standard InChI is InChI=1S/C16H22N2O2/c1-15(2,3)18-8-5-16(6-9-18)13-11-17-7-4-12(13)10-14(19)20-16/h4,7,11H,5-6,8-10H2,1-3H3. The van der Waals surface area contributed by atoms with Crippen molar-refractivity contribution in [2.75, 3.05) is 13.1 Å². The molecule has 1 saturated heterocycles. The summed E-state index contributed by atoms with van der Waals surface area (Å²) >= 11 is 0. The van der Waals surface area contributed by atoms with E-state index >= 15 is 0 Å². The van der Waals surface area contributed by atoms with Crippen LogP contribution in [0.4, 0.5) is 0 Å². The van der Waals surface area contributed by atoms with Crippen LogP contribution in [-0.2, 0) is 21.6 Å². The van der Waals surface area contributed by atoms with E-state index in [9.17, 15) is 4.79 Å². The van der Waals surface area contributed by atoms with E-state index in [1.54, 1.807) is 6.20 Å². The van der Waals surface area contributed by atoms with Crippen molar-refractivity contribution in [2.24, 2.45) is 0 Å². The molecule has 20 heavy (non-hydrogen) atoms. The highest BCUT2D eigenvalue weighted by molar-refractivity contribution is 5.76. The Bertz CT molecular complexity index is 526. The van der Waals surface area contributed by atoms with Crippen molar-refractivity contribution in [3.63, 3.8) is 0 Å². The molecule has 4 heteroatoms. The Morgan fingerprint density at radius 3 is 2.65 bits per heavy atom. The normalized spacial score (nSPS) is 22.4. The Kier molecular flexibility index (Phi) is 3.09. The Morgan fingerprint density at radius 1 is 1.30 bits per heavy atom. The Hall–Kier alpha value is -1.42. The van der Waals surface area contributed by atoms with E-state index < -0.39 is 5.60 Å². The van der Waals surface area contributed by atoms with Crippen molar-refractivity contribution in [1.29, 1.82) is 0 Å². The predicted octanol–water partition coefficient (Wildman–Crippen LogP) is 2.27. The summed E-state index contributed by atoms with van der Waals surface area (Å²) in [4.78, 5) is 18.6. The third kappa shape index (κ3) is 2.22. The van der Waals surface area contributed by atoms with Gasteiger partial charge >= 0.3 is 5.97 Å². The van der Waals surface area contributed by atoms with Gasteiger partial charge < -0.3 is 4.74 Å². The minimum Gasteiger partial charge on any atom is -0.454 e. The number of ether oxygens (including phenoxy) is 1. The summed E-state index contributed by atoms with van der Waals surface area (Å²) < 4.78 is 5.80. The zero-order valence-electron chi connectivity index (χ0n) is 12.5. The van der Waals surface area contributed by atoms with Gasteiger partial charge in [0.2, 0.25) is 0 Å². The summed E-state index contributed by atoms with van der Waals surface area (Å²) in [7, 11) is 0. The number of piperidine rings is 1. The smallest absolute Gasteiger partial charge is 0.311 e. The number of fused-ring (bicyclic) bond motifs is 2. The van der Waals surface area contributed by atoms with Crippen LogP contribution in [0.5, 0.6) is 0 Å². The van der Waals surface area contributed by atoms with Gasteiger partial charge in [0, 0.05) is 49.4 Å². The lowest BCUT2D eigenvalue weighted by Crippen LogP contribution is -2.53. The number of likely N-dealkylation sites (tertiary alicyclic amines) is 1. The fourth-order valence-electron chi connectivity index (χ4n) is 3.36. The molecule has 0 N–H and O–H groups in total. The maximum atomic E-state index is 11.9. The van der Waals surface area contributed by atoms with Crippen LogP contribution >= 0.6 is 0 Å². The monoisotopic (exact) mass is 274 g/mol. The highest BCUT2D eigenvalue weighted by Gasteiger charge is 2.45. The van der Waals surface area contributed by atoms with E-state index in [0.29, 0.717) is 6.42 Å². The number of esters is 1. The minimum absolute atomic E-state index is 0.104. The SMILES string of the molecule is CC(C)(C)N1CCC2(CC1)OC(=O)Cc1ccncc12. The molecule has 1 fully saturated rings. The number of rotatable bonds is 0. The van der Waals surface area contributed by atoms with E-state index in [2.05, 4.69) is 30.7 Å². The molecular formula is C16H22N2O2. The Morgan fingerprint density at radius 2 is 2.00 bits per heavy atom. The highest BCUT2D eigenvalue weighted by atomic mass is 16.6. The second-order valence-electron chi connectivity index (χ2n) is 6.84. The van der Waals surface area contributed by atoms with Crippen molar-refractivity contribution in [2.45, 2.75) is 51.2 Å². The summed E-state index contributed by atoms with van der Waals surface area (Å²) in [5, 5.41) is 0. The number of carbonyl (C=O) groups excluding carboxylic acids is 1. The second-order valence-corrected chi connectivity index (χ2v) is 6.84. The number of hydrogen-bond donors (Lipinski definition) is 0. The molecule has 4 nitrogen and oxygen atoms in total. The topological polar surface area (TPSA) is 42.4 Å². The first kappa shape index (κ1) is 13.6. The first-order chi connectivity index (χ1) is 9.41. The number of nitrogens with zero attached hydrogens (tertiary/aromatic N) is 2. The van der Waals surface area contributed by atoms with Crippen LogP contribution in [0.3, 0.4) is 0 Å². The molecule has 3 heterocycles. The van der Waals surface area contributed by atoms with E-state index in [0.717, 1.165) is 37.1 Å². The summed E-state index contributed by atoms with van der Waals surface area (Å²) in [6, 6.07) is 1.95. The van der Waals surface area contributed by atoms with Crippen molar-refractivity contribution in [1.82, 2.24) is 9.88 Å². The van der Waals surface area contributed by atoms with Gasteiger partial charge in [-0.25, -0.2) is 0 Å². The quantitative estimate of drug-likeness (QED) is 0.681. The molecule has 0 atom stereocenters. The molecule has 0 unspecified atom stereocenters. The summed E-state index contributed by atoms with van der Waals surface area (Å²) in [5.41, 5.74) is 1.92. The molecule has 0 saturated carbocycles. The van der Waals surface area contributed by atoms with Crippen molar-refractivity contribution in [3.05, 3.63) is 29.6 Å². The summed E-state index contributed by atoms with van der Waals surface area (Å²) in [5.74, 6) is -0.104.